The second kappa shape index (κ2) is 13.2. The summed E-state index contributed by atoms with van der Waals surface area (Å²) in [5.74, 6) is -1.09. The van der Waals surface area contributed by atoms with E-state index >= 15 is 0 Å². The summed E-state index contributed by atoms with van der Waals surface area (Å²) < 4.78 is 33.2. The highest BCUT2D eigenvalue weighted by Crippen LogP contribution is 2.33. The molecule has 2 fully saturated rings. The molecule has 7 rings (SSSR count). The number of aromatic amines is 1. The molecule has 12 heteroatoms. The Labute approximate surface area is 276 Å². The second-order valence-corrected chi connectivity index (χ2v) is 12.4. The summed E-state index contributed by atoms with van der Waals surface area (Å²) in [5, 5.41) is 10.8. The van der Waals surface area contributed by atoms with Crippen LogP contribution in [0.1, 0.15) is 30.7 Å². The number of nitrogens with one attached hydrogen (secondary N) is 2. The third-order valence-corrected chi connectivity index (χ3v) is 9.54. The molecule has 0 spiro atoms. The maximum Gasteiger partial charge on any atom is 0.258 e. The summed E-state index contributed by atoms with van der Waals surface area (Å²) in [5.41, 5.74) is 3.14. The minimum absolute atomic E-state index is 0.0486. The van der Waals surface area contributed by atoms with Crippen LogP contribution in [-0.4, -0.2) is 87.2 Å². The molecule has 10 nitrogen and oxygen atoms in total. The first-order valence-electron chi connectivity index (χ1n) is 16.0. The first kappa shape index (κ1) is 31.5. The van der Waals surface area contributed by atoms with E-state index in [4.69, 9.17) is 4.74 Å². The lowest BCUT2D eigenvalue weighted by Crippen LogP contribution is -2.48. The number of halogens is 2. The van der Waals surface area contributed by atoms with Crippen molar-refractivity contribution in [2.45, 2.75) is 30.8 Å². The Bertz CT molecular complexity index is 1940. The van der Waals surface area contributed by atoms with E-state index in [0.29, 0.717) is 65.6 Å². The van der Waals surface area contributed by atoms with Crippen LogP contribution in [0.3, 0.4) is 0 Å². The number of hydrogen-bond donors (Lipinski definition) is 2. The van der Waals surface area contributed by atoms with Crippen LogP contribution in [0.4, 0.5) is 14.5 Å². The topological polar surface area (TPSA) is 116 Å². The van der Waals surface area contributed by atoms with Crippen LogP contribution in [0.2, 0.25) is 0 Å². The van der Waals surface area contributed by atoms with Crippen molar-refractivity contribution >= 4 is 28.4 Å². The summed E-state index contributed by atoms with van der Waals surface area (Å²) in [6.07, 6.45) is 5.67. The van der Waals surface area contributed by atoms with Gasteiger partial charge in [0.05, 0.1) is 12.1 Å². The Morgan fingerprint density at radius 2 is 1.71 bits per heavy atom. The molecule has 48 heavy (non-hydrogen) atoms. The molecule has 0 radical (unpaired) electrons. The molecule has 0 bridgehead atoms. The number of anilines is 1. The molecular weight excluding hydrogens is 616 g/mol. The largest absolute Gasteiger partial charge is 0.367 e. The van der Waals surface area contributed by atoms with Gasteiger partial charge < -0.3 is 15.0 Å². The Morgan fingerprint density at radius 1 is 0.958 bits per heavy atom. The van der Waals surface area contributed by atoms with Crippen molar-refractivity contribution in [1.29, 1.82) is 0 Å². The van der Waals surface area contributed by atoms with Gasteiger partial charge in [0.15, 0.2) is 23.1 Å². The summed E-state index contributed by atoms with van der Waals surface area (Å²) in [6.45, 7) is 2.40. The average Bonchev–Trinajstić information content (AvgIpc) is 3.75. The number of ether oxygens (including phenoxy) is 1. The van der Waals surface area contributed by atoms with Crippen molar-refractivity contribution in [2.75, 3.05) is 45.2 Å². The van der Waals surface area contributed by atoms with Crippen LogP contribution in [0.15, 0.2) is 79.1 Å². The van der Waals surface area contributed by atoms with Crippen molar-refractivity contribution in [3.05, 3.63) is 96.3 Å². The van der Waals surface area contributed by atoms with Crippen molar-refractivity contribution in [1.82, 2.24) is 30.0 Å². The van der Waals surface area contributed by atoms with Crippen molar-refractivity contribution in [3.63, 3.8) is 0 Å². The van der Waals surface area contributed by atoms with Gasteiger partial charge in [-0.3, -0.25) is 19.6 Å². The Hall–Kier alpha value is -5.07. The van der Waals surface area contributed by atoms with Crippen LogP contribution >= 0.6 is 0 Å². The van der Waals surface area contributed by atoms with Gasteiger partial charge in [-0.2, -0.15) is 5.10 Å². The van der Waals surface area contributed by atoms with E-state index < -0.39 is 17.2 Å². The van der Waals surface area contributed by atoms with Gasteiger partial charge in [-0.25, -0.2) is 18.7 Å². The number of carbonyl (C=O) groups excluding carboxylic acids is 2. The lowest BCUT2D eigenvalue weighted by Gasteiger charge is -2.33. The molecular formula is C36H35F2N7O3. The van der Waals surface area contributed by atoms with E-state index in [0.717, 1.165) is 30.5 Å². The normalized spacial score (nSPS) is 18.8. The fourth-order valence-electron chi connectivity index (χ4n) is 6.74. The van der Waals surface area contributed by atoms with E-state index in [1.807, 2.05) is 9.80 Å². The van der Waals surface area contributed by atoms with Crippen LogP contribution in [0, 0.1) is 11.6 Å². The molecule has 2 aromatic heterocycles. The number of likely N-dealkylation sites (tertiary alicyclic amines) is 2. The lowest BCUT2D eigenvalue weighted by molar-refractivity contribution is -0.138. The predicted octanol–water partition coefficient (Wildman–Crippen LogP) is 5.40. The standard InChI is InChI=1S/C36H35F2N7O3/c1-48-36(35(47)41-27-8-10-31-28(20-27)33(43-42-31)26-7-9-29(37)30(38)19-26)13-18-44(22-36)21-32(46)45-16-11-24(12-17-45)23-3-5-25(6-4-23)34-39-14-2-15-40-34/h2-10,14-15,19-20,24H,11-13,16-18,21-22H2,1H3,(H,41,47)(H,42,43)/t36-/m0/s1. The van der Waals surface area contributed by atoms with Gasteiger partial charge in [-0.1, -0.05) is 24.3 Å². The number of piperidine rings is 1. The summed E-state index contributed by atoms with van der Waals surface area (Å²) in [7, 11) is 1.51. The number of fused-ring (bicyclic) bond motifs is 1. The van der Waals surface area contributed by atoms with E-state index in [2.05, 4.69) is 49.7 Å². The Balaban J connectivity index is 0.944. The van der Waals surface area contributed by atoms with Crippen LogP contribution in [0.25, 0.3) is 33.5 Å². The Morgan fingerprint density at radius 3 is 2.44 bits per heavy atom. The minimum Gasteiger partial charge on any atom is -0.367 e. The fraction of sp³-hybridized carbons (Fsp3) is 0.306. The van der Waals surface area contributed by atoms with Crippen molar-refractivity contribution in [3.8, 4) is 22.6 Å². The number of amides is 2. The molecule has 2 N–H and O–H groups in total. The van der Waals surface area contributed by atoms with Gasteiger partial charge >= 0.3 is 0 Å². The van der Waals surface area contributed by atoms with Crippen LogP contribution < -0.4 is 5.32 Å². The molecule has 0 aliphatic carbocycles. The molecule has 0 unspecified atom stereocenters. The van der Waals surface area contributed by atoms with Gasteiger partial charge in [0, 0.05) is 67.9 Å². The third-order valence-electron chi connectivity index (χ3n) is 9.54. The summed E-state index contributed by atoms with van der Waals surface area (Å²) >= 11 is 0. The zero-order valence-corrected chi connectivity index (χ0v) is 26.5. The zero-order chi connectivity index (χ0) is 33.3. The molecule has 4 heterocycles. The zero-order valence-electron chi connectivity index (χ0n) is 26.5. The maximum atomic E-state index is 13.9. The van der Waals surface area contributed by atoms with Crippen molar-refractivity contribution in [2.24, 2.45) is 0 Å². The highest BCUT2D eigenvalue weighted by atomic mass is 19.2. The number of H-pyrrole nitrogens is 1. The summed E-state index contributed by atoms with van der Waals surface area (Å²) in [4.78, 5) is 39.5. The number of carbonyl (C=O) groups is 2. The predicted molar refractivity (Wildman–Crippen MR) is 177 cm³/mol. The van der Waals surface area contributed by atoms with E-state index in [1.54, 1.807) is 36.7 Å². The highest BCUT2D eigenvalue weighted by molar-refractivity contribution is 6.01. The van der Waals surface area contributed by atoms with Gasteiger partial charge in [-0.05, 0) is 73.2 Å². The molecule has 1 atom stereocenters. The number of hydrogen-bond acceptors (Lipinski definition) is 7. The van der Waals surface area contributed by atoms with Crippen LogP contribution in [-0.2, 0) is 14.3 Å². The van der Waals surface area contributed by atoms with E-state index in [9.17, 15) is 18.4 Å². The summed E-state index contributed by atoms with van der Waals surface area (Å²) in [6, 6.07) is 19.0. The minimum atomic E-state index is -1.13. The first-order chi connectivity index (χ1) is 23.3. The molecule has 3 aromatic carbocycles. The Kier molecular flexibility index (Phi) is 8.67. The lowest BCUT2D eigenvalue weighted by atomic mass is 9.89. The number of nitrogens with zero attached hydrogens (tertiary/aromatic N) is 5. The number of rotatable bonds is 8. The molecule has 2 amide bonds. The molecule has 5 aromatic rings. The first-order valence-corrected chi connectivity index (χ1v) is 16.0. The average molecular weight is 652 g/mol. The second-order valence-electron chi connectivity index (χ2n) is 12.4. The third kappa shape index (κ3) is 6.28. The highest BCUT2D eigenvalue weighted by Gasteiger charge is 2.45. The van der Waals surface area contributed by atoms with Gasteiger partial charge in [0.25, 0.3) is 5.91 Å². The number of benzene rings is 3. The van der Waals surface area contributed by atoms with Gasteiger partial charge in [-0.15, -0.1) is 0 Å². The molecule has 2 aliphatic rings. The number of aromatic nitrogens is 4. The van der Waals surface area contributed by atoms with Gasteiger partial charge in [0.1, 0.15) is 5.69 Å². The quantitative estimate of drug-likeness (QED) is 0.231. The monoisotopic (exact) mass is 651 g/mol. The number of methoxy groups -OCH3 is 1. The fourth-order valence-corrected chi connectivity index (χ4v) is 6.74. The van der Waals surface area contributed by atoms with E-state index in [-0.39, 0.29) is 24.9 Å². The van der Waals surface area contributed by atoms with Crippen molar-refractivity contribution < 1.29 is 23.1 Å². The molecule has 2 aliphatic heterocycles. The van der Waals surface area contributed by atoms with Gasteiger partial charge in [0.2, 0.25) is 5.91 Å². The van der Waals surface area contributed by atoms with E-state index in [1.165, 1.54) is 18.7 Å². The maximum absolute atomic E-state index is 13.9. The molecule has 246 valence electrons. The molecule has 2 saturated heterocycles. The van der Waals surface area contributed by atoms with Crippen LogP contribution in [0.5, 0.6) is 0 Å². The smallest absolute Gasteiger partial charge is 0.258 e. The molecule has 0 saturated carbocycles. The SMILES string of the molecule is CO[C@@]1(C(=O)Nc2ccc3[nH]nc(-c4ccc(F)c(F)c4)c3c2)CCN(CC(=O)N2CCC(c3ccc(-c4ncccn4)cc3)CC2)C1.